The van der Waals surface area contributed by atoms with Gasteiger partial charge < -0.3 is 9.64 Å². The normalized spacial score (nSPS) is 22.5. The average molecular weight is 303 g/mol. The van der Waals surface area contributed by atoms with Gasteiger partial charge in [-0.1, -0.05) is 26.0 Å². The Labute approximate surface area is 134 Å². The van der Waals surface area contributed by atoms with Gasteiger partial charge in [0.1, 0.15) is 5.75 Å². The van der Waals surface area contributed by atoms with Crippen LogP contribution in [0.5, 0.6) is 5.75 Å². The van der Waals surface area contributed by atoms with Crippen molar-refractivity contribution in [1.29, 1.82) is 0 Å². The third kappa shape index (κ3) is 5.45. The standard InChI is InChI=1S/C19H29NO2/c1-15-11-16(2)14-20(13-15)9-4-5-10-22-19-8-6-7-18(12-19)17(3)21/h6-8,12,15-16H,4-5,9-11,13-14H2,1-3H3/t15-,16+. The first kappa shape index (κ1) is 17.0. The molecule has 0 saturated carbocycles. The second kappa shape index (κ2) is 8.33. The van der Waals surface area contributed by atoms with Crippen molar-refractivity contribution in [3.05, 3.63) is 29.8 Å². The zero-order valence-electron chi connectivity index (χ0n) is 14.2. The number of Topliss-reactive ketones (excluding diaryl/α,β-unsaturated/α-hetero) is 1. The van der Waals surface area contributed by atoms with Crippen LogP contribution in [0.2, 0.25) is 0 Å². The molecule has 0 radical (unpaired) electrons. The zero-order valence-corrected chi connectivity index (χ0v) is 14.2. The van der Waals surface area contributed by atoms with Gasteiger partial charge in [-0.15, -0.1) is 0 Å². The zero-order chi connectivity index (χ0) is 15.9. The van der Waals surface area contributed by atoms with E-state index in [0.717, 1.165) is 30.6 Å². The van der Waals surface area contributed by atoms with Crippen molar-refractivity contribution in [2.24, 2.45) is 11.8 Å². The van der Waals surface area contributed by atoms with Gasteiger partial charge in [0.15, 0.2) is 5.78 Å². The smallest absolute Gasteiger partial charge is 0.159 e. The van der Waals surface area contributed by atoms with Gasteiger partial charge in [0.05, 0.1) is 6.61 Å². The van der Waals surface area contributed by atoms with Gasteiger partial charge in [-0.2, -0.15) is 0 Å². The van der Waals surface area contributed by atoms with Gasteiger partial charge in [0, 0.05) is 18.7 Å². The van der Waals surface area contributed by atoms with Crippen molar-refractivity contribution < 1.29 is 9.53 Å². The summed E-state index contributed by atoms with van der Waals surface area (Å²) in [5, 5.41) is 0. The fraction of sp³-hybridized carbons (Fsp3) is 0.632. The van der Waals surface area contributed by atoms with E-state index in [2.05, 4.69) is 18.7 Å². The molecule has 22 heavy (non-hydrogen) atoms. The molecule has 2 rings (SSSR count). The number of ether oxygens (including phenoxy) is 1. The molecule has 3 nitrogen and oxygen atoms in total. The number of ketones is 1. The maximum absolute atomic E-state index is 11.3. The molecule has 0 N–H and O–H groups in total. The van der Waals surface area contributed by atoms with E-state index >= 15 is 0 Å². The highest BCUT2D eigenvalue weighted by Crippen LogP contribution is 2.21. The van der Waals surface area contributed by atoms with Crippen molar-refractivity contribution >= 4 is 5.78 Å². The minimum atomic E-state index is 0.0822. The number of piperidine rings is 1. The summed E-state index contributed by atoms with van der Waals surface area (Å²) in [6, 6.07) is 7.45. The molecule has 1 fully saturated rings. The molecule has 1 aromatic carbocycles. The summed E-state index contributed by atoms with van der Waals surface area (Å²) < 4.78 is 5.76. The monoisotopic (exact) mass is 303 g/mol. The minimum Gasteiger partial charge on any atom is -0.494 e. The first-order chi connectivity index (χ1) is 10.5. The van der Waals surface area contributed by atoms with Crippen LogP contribution in [-0.2, 0) is 0 Å². The summed E-state index contributed by atoms with van der Waals surface area (Å²) in [5.41, 5.74) is 0.716. The number of rotatable bonds is 7. The first-order valence-electron chi connectivity index (χ1n) is 8.50. The van der Waals surface area contributed by atoms with Crippen LogP contribution in [-0.4, -0.2) is 36.9 Å². The SMILES string of the molecule is CC(=O)c1cccc(OCCCCN2C[C@H](C)C[C@H](C)C2)c1. The van der Waals surface area contributed by atoms with E-state index in [-0.39, 0.29) is 5.78 Å². The molecular weight excluding hydrogens is 274 g/mol. The van der Waals surface area contributed by atoms with Crippen molar-refractivity contribution in [2.45, 2.75) is 40.0 Å². The van der Waals surface area contributed by atoms with Crippen LogP contribution >= 0.6 is 0 Å². The Balaban J connectivity index is 1.65. The average Bonchev–Trinajstić information content (AvgIpc) is 2.46. The largest absolute Gasteiger partial charge is 0.494 e. The molecule has 0 unspecified atom stereocenters. The van der Waals surface area contributed by atoms with E-state index in [1.54, 1.807) is 6.92 Å². The van der Waals surface area contributed by atoms with E-state index in [1.165, 1.54) is 32.5 Å². The summed E-state index contributed by atoms with van der Waals surface area (Å²) in [7, 11) is 0. The summed E-state index contributed by atoms with van der Waals surface area (Å²) >= 11 is 0. The van der Waals surface area contributed by atoms with Crippen molar-refractivity contribution in [2.75, 3.05) is 26.2 Å². The van der Waals surface area contributed by atoms with Crippen LogP contribution < -0.4 is 4.74 Å². The lowest BCUT2D eigenvalue weighted by Crippen LogP contribution is -2.39. The van der Waals surface area contributed by atoms with Gasteiger partial charge in [-0.25, -0.2) is 0 Å². The molecule has 0 amide bonds. The van der Waals surface area contributed by atoms with E-state index in [1.807, 2.05) is 24.3 Å². The van der Waals surface area contributed by atoms with Crippen molar-refractivity contribution in [1.82, 2.24) is 4.90 Å². The molecule has 122 valence electrons. The molecule has 0 spiro atoms. The van der Waals surface area contributed by atoms with Crippen LogP contribution in [0.15, 0.2) is 24.3 Å². The molecule has 0 bridgehead atoms. The predicted molar refractivity (Wildman–Crippen MR) is 90.6 cm³/mol. The number of likely N-dealkylation sites (tertiary alicyclic amines) is 1. The molecule has 2 atom stereocenters. The first-order valence-corrected chi connectivity index (χ1v) is 8.50. The molecule has 3 heteroatoms. The fourth-order valence-electron chi connectivity index (χ4n) is 3.41. The Hall–Kier alpha value is -1.35. The topological polar surface area (TPSA) is 29.5 Å². The Morgan fingerprint density at radius 2 is 1.95 bits per heavy atom. The lowest BCUT2D eigenvalue weighted by atomic mass is 9.92. The highest BCUT2D eigenvalue weighted by atomic mass is 16.5. The van der Waals surface area contributed by atoms with Crippen LogP contribution in [0.4, 0.5) is 0 Å². The van der Waals surface area contributed by atoms with Crippen LogP contribution in [0.1, 0.15) is 50.4 Å². The molecule has 0 aromatic heterocycles. The Bertz CT molecular complexity index is 476. The summed E-state index contributed by atoms with van der Waals surface area (Å²) in [6.45, 7) is 10.7. The van der Waals surface area contributed by atoms with Crippen molar-refractivity contribution in [3.63, 3.8) is 0 Å². The maximum atomic E-state index is 11.3. The minimum absolute atomic E-state index is 0.0822. The van der Waals surface area contributed by atoms with Gasteiger partial charge in [0.2, 0.25) is 0 Å². The predicted octanol–water partition coefficient (Wildman–Crippen LogP) is 4.03. The molecule has 1 aromatic rings. The highest BCUT2D eigenvalue weighted by Gasteiger charge is 2.20. The van der Waals surface area contributed by atoms with Gasteiger partial charge >= 0.3 is 0 Å². The quantitative estimate of drug-likeness (QED) is 0.563. The molecule has 1 saturated heterocycles. The Morgan fingerprint density at radius 3 is 2.64 bits per heavy atom. The summed E-state index contributed by atoms with van der Waals surface area (Å²) in [4.78, 5) is 13.9. The lowest BCUT2D eigenvalue weighted by molar-refractivity contribution is 0.101. The van der Waals surface area contributed by atoms with Gasteiger partial charge in [0.25, 0.3) is 0 Å². The number of carbonyl (C=O) groups is 1. The number of carbonyl (C=O) groups excluding carboxylic acids is 1. The van der Waals surface area contributed by atoms with Gasteiger partial charge in [-0.05, 0) is 56.7 Å². The van der Waals surface area contributed by atoms with Crippen LogP contribution in [0.25, 0.3) is 0 Å². The third-order valence-electron chi connectivity index (χ3n) is 4.32. The van der Waals surface area contributed by atoms with Crippen molar-refractivity contribution in [3.8, 4) is 5.75 Å². The van der Waals surface area contributed by atoms with E-state index < -0.39 is 0 Å². The molecule has 1 aliphatic rings. The Morgan fingerprint density at radius 1 is 1.23 bits per heavy atom. The van der Waals surface area contributed by atoms with E-state index in [9.17, 15) is 4.79 Å². The molecular formula is C19H29NO2. The second-order valence-corrected chi connectivity index (χ2v) is 6.85. The second-order valence-electron chi connectivity index (χ2n) is 6.85. The molecule has 1 aliphatic heterocycles. The highest BCUT2D eigenvalue weighted by molar-refractivity contribution is 5.94. The van der Waals surface area contributed by atoms with E-state index in [4.69, 9.17) is 4.74 Å². The third-order valence-corrected chi connectivity index (χ3v) is 4.32. The number of unbranched alkanes of at least 4 members (excludes halogenated alkanes) is 1. The number of hydrogen-bond acceptors (Lipinski definition) is 3. The number of hydrogen-bond donors (Lipinski definition) is 0. The lowest BCUT2D eigenvalue weighted by Gasteiger charge is -2.34. The summed E-state index contributed by atoms with van der Waals surface area (Å²) in [5.74, 6) is 2.54. The fourth-order valence-corrected chi connectivity index (χ4v) is 3.41. The maximum Gasteiger partial charge on any atom is 0.159 e. The summed E-state index contributed by atoms with van der Waals surface area (Å²) in [6.07, 6.45) is 3.60. The van der Waals surface area contributed by atoms with E-state index in [0.29, 0.717) is 5.56 Å². The molecule has 0 aliphatic carbocycles. The number of benzene rings is 1. The Kier molecular flexibility index (Phi) is 6.44. The van der Waals surface area contributed by atoms with Crippen LogP contribution in [0, 0.1) is 11.8 Å². The van der Waals surface area contributed by atoms with Gasteiger partial charge in [-0.3, -0.25) is 4.79 Å². The molecule has 1 heterocycles. The van der Waals surface area contributed by atoms with Crippen LogP contribution in [0.3, 0.4) is 0 Å². The number of nitrogens with zero attached hydrogens (tertiary/aromatic N) is 1.